The minimum Gasteiger partial charge on any atom is -0.370 e. The van der Waals surface area contributed by atoms with E-state index in [2.05, 4.69) is 0 Å². The Balaban J connectivity index is 3.49. The lowest BCUT2D eigenvalue weighted by molar-refractivity contribution is -0.117. The van der Waals surface area contributed by atoms with Crippen LogP contribution in [0.1, 0.15) is 13.3 Å². The molecular weight excluding hydrogens is 130 g/mol. The molecule has 0 spiro atoms. The molecule has 0 saturated heterocycles. The van der Waals surface area contributed by atoms with Crippen molar-refractivity contribution >= 4 is 11.7 Å². The summed E-state index contributed by atoms with van der Waals surface area (Å²) in [5.74, 6) is 0.120. The maximum atomic E-state index is 10.4. The Kier molecular flexibility index (Phi) is 3.46. The van der Waals surface area contributed by atoms with Crippen LogP contribution in [0.5, 0.6) is 0 Å². The van der Waals surface area contributed by atoms with Crippen LogP contribution >= 0.6 is 0 Å². The third-order valence-corrected chi connectivity index (χ3v) is 1.21. The quantitative estimate of drug-likeness (QED) is 0.424. The van der Waals surface area contributed by atoms with Crippen LogP contribution in [0.25, 0.3) is 0 Å². The maximum absolute atomic E-state index is 10.4. The molecule has 0 saturated carbocycles. The molecule has 0 aliphatic rings. The number of hydrogen-bond donors (Lipinski definition) is 2. The summed E-state index contributed by atoms with van der Waals surface area (Å²) >= 11 is 0. The molecule has 0 heterocycles. The van der Waals surface area contributed by atoms with Crippen molar-refractivity contribution in [2.45, 2.75) is 13.3 Å². The molecule has 0 bridgehead atoms. The minimum atomic E-state index is 0.00116. The topological polar surface area (TPSA) is 70.2 Å². The molecule has 0 aliphatic heterocycles. The van der Waals surface area contributed by atoms with Crippen molar-refractivity contribution in [3.05, 3.63) is 0 Å². The molecule has 0 aliphatic carbocycles. The maximum Gasteiger partial charge on any atom is 0.188 e. The lowest BCUT2D eigenvalue weighted by atomic mass is 10.3. The van der Waals surface area contributed by atoms with Gasteiger partial charge in [0.25, 0.3) is 0 Å². The second-order valence-electron chi connectivity index (χ2n) is 2.26. The monoisotopic (exact) mass is 143 g/mol. The van der Waals surface area contributed by atoms with Crippen molar-refractivity contribution in [1.29, 1.82) is 5.41 Å². The number of hydrogen-bond acceptors (Lipinski definition) is 2. The Morgan fingerprint density at radius 1 is 1.70 bits per heavy atom. The largest absolute Gasteiger partial charge is 0.370 e. The van der Waals surface area contributed by atoms with Crippen molar-refractivity contribution in [2.24, 2.45) is 5.73 Å². The molecule has 0 aromatic carbocycles. The molecule has 10 heavy (non-hydrogen) atoms. The lowest BCUT2D eigenvalue weighted by Gasteiger charge is -2.14. The number of nitrogens with one attached hydrogen (secondary N) is 1. The van der Waals surface area contributed by atoms with E-state index in [9.17, 15) is 4.79 Å². The number of guanidine groups is 1. The van der Waals surface area contributed by atoms with Crippen LogP contribution in [0.4, 0.5) is 0 Å². The molecule has 0 rings (SSSR count). The molecule has 0 aromatic rings. The van der Waals surface area contributed by atoms with Gasteiger partial charge in [0.1, 0.15) is 5.78 Å². The number of carbonyl (C=O) groups excluding carboxylic acids is 1. The average Bonchev–Trinajstić information content (AvgIpc) is 1.82. The van der Waals surface area contributed by atoms with Crippen molar-refractivity contribution in [1.82, 2.24) is 4.90 Å². The van der Waals surface area contributed by atoms with Gasteiger partial charge in [0.15, 0.2) is 5.96 Å². The van der Waals surface area contributed by atoms with Gasteiger partial charge in [0.2, 0.25) is 0 Å². The average molecular weight is 143 g/mol. The van der Waals surface area contributed by atoms with E-state index in [0.29, 0.717) is 13.0 Å². The molecular formula is C6H13N3O. The predicted octanol–water partition coefficient (Wildman–Crippen LogP) is -0.209. The van der Waals surface area contributed by atoms with Crippen molar-refractivity contribution < 1.29 is 4.79 Å². The van der Waals surface area contributed by atoms with Gasteiger partial charge in [-0.1, -0.05) is 0 Å². The molecule has 0 amide bonds. The van der Waals surface area contributed by atoms with Crippen molar-refractivity contribution in [3.8, 4) is 0 Å². The summed E-state index contributed by atoms with van der Waals surface area (Å²) < 4.78 is 0. The first kappa shape index (κ1) is 8.94. The Labute approximate surface area is 60.5 Å². The molecule has 4 nitrogen and oxygen atoms in total. The predicted molar refractivity (Wildman–Crippen MR) is 39.8 cm³/mol. The highest BCUT2D eigenvalue weighted by Gasteiger charge is 1.99. The van der Waals surface area contributed by atoms with Crippen LogP contribution in [0.2, 0.25) is 0 Å². The van der Waals surface area contributed by atoms with Gasteiger partial charge >= 0.3 is 0 Å². The van der Waals surface area contributed by atoms with Gasteiger partial charge in [0, 0.05) is 20.0 Å². The summed E-state index contributed by atoms with van der Waals surface area (Å²) in [4.78, 5) is 12.0. The van der Waals surface area contributed by atoms with Crippen LogP contribution < -0.4 is 5.73 Å². The third-order valence-electron chi connectivity index (χ3n) is 1.21. The summed E-state index contributed by atoms with van der Waals surface area (Å²) in [7, 11) is 1.69. The van der Waals surface area contributed by atoms with Gasteiger partial charge < -0.3 is 10.6 Å². The van der Waals surface area contributed by atoms with E-state index in [-0.39, 0.29) is 11.7 Å². The Hall–Kier alpha value is -1.06. The number of ketones is 1. The second-order valence-corrected chi connectivity index (χ2v) is 2.26. The van der Waals surface area contributed by atoms with Crippen LogP contribution in [0.15, 0.2) is 0 Å². The number of carbonyl (C=O) groups is 1. The first-order valence-electron chi connectivity index (χ1n) is 3.08. The van der Waals surface area contributed by atoms with Crippen molar-refractivity contribution in [3.63, 3.8) is 0 Å². The Morgan fingerprint density at radius 3 is 2.50 bits per heavy atom. The van der Waals surface area contributed by atoms with Gasteiger partial charge in [-0.3, -0.25) is 10.2 Å². The van der Waals surface area contributed by atoms with E-state index in [1.54, 1.807) is 7.05 Å². The van der Waals surface area contributed by atoms with E-state index in [1.165, 1.54) is 11.8 Å². The summed E-state index contributed by atoms with van der Waals surface area (Å²) in [6.45, 7) is 2.05. The number of nitrogens with two attached hydrogens (primary N) is 1. The second kappa shape index (κ2) is 3.87. The van der Waals surface area contributed by atoms with Crippen LogP contribution in [-0.2, 0) is 4.79 Å². The fraction of sp³-hybridized carbons (Fsp3) is 0.667. The minimum absolute atomic E-state index is 0.00116. The van der Waals surface area contributed by atoms with Crippen LogP contribution in [0, 0.1) is 5.41 Å². The van der Waals surface area contributed by atoms with E-state index in [4.69, 9.17) is 11.1 Å². The fourth-order valence-corrected chi connectivity index (χ4v) is 0.446. The van der Waals surface area contributed by atoms with Gasteiger partial charge in [-0.2, -0.15) is 0 Å². The van der Waals surface area contributed by atoms with Crippen LogP contribution in [-0.4, -0.2) is 30.2 Å². The fourth-order valence-electron chi connectivity index (χ4n) is 0.446. The summed E-state index contributed by atoms with van der Waals surface area (Å²) in [6.07, 6.45) is 0.454. The third kappa shape index (κ3) is 3.88. The Bertz CT molecular complexity index is 144. The standard InChI is InChI=1S/C6H13N3O/c1-5(10)3-4-9(2)6(7)8/h3-4H2,1-2H3,(H3,7,8). The zero-order chi connectivity index (χ0) is 8.15. The molecule has 0 atom stereocenters. The number of Topliss-reactive ketones (excluding diaryl/α,β-unsaturated/α-hetero) is 1. The van der Waals surface area contributed by atoms with Gasteiger partial charge in [-0.25, -0.2) is 0 Å². The van der Waals surface area contributed by atoms with Crippen LogP contribution in [0.3, 0.4) is 0 Å². The summed E-state index contributed by atoms with van der Waals surface area (Å²) in [5, 5.41) is 6.94. The lowest BCUT2D eigenvalue weighted by Crippen LogP contribution is -2.34. The van der Waals surface area contributed by atoms with E-state index < -0.39 is 0 Å². The molecule has 0 aromatic heterocycles. The zero-order valence-corrected chi connectivity index (χ0v) is 6.35. The molecule has 0 unspecified atom stereocenters. The van der Waals surface area contributed by atoms with E-state index >= 15 is 0 Å². The highest BCUT2D eigenvalue weighted by Crippen LogP contribution is 1.86. The normalized spacial score (nSPS) is 9.00. The first-order chi connectivity index (χ1) is 4.54. The number of rotatable bonds is 3. The van der Waals surface area contributed by atoms with E-state index in [1.807, 2.05) is 0 Å². The molecule has 58 valence electrons. The van der Waals surface area contributed by atoms with Gasteiger partial charge in [-0.15, -0.1) is 0 Å². The van der Waals surface area contributed by atoms with Gasteiger partial charge in [0.05, 0.1) is 0 Å². The highest BCUT2D eigenvalue weighted by atomic mass is 16.1. The molecule has 3 N–H and O–H groups in total. The summed E-state index contributed by atoms with van der Waals surface area (Å²) in [6, 6.07) is 0. The first-order valence-corrected chi connectivity index (χ1v) is 3.08. The summed E-state index contributed by atoms with van der Waals surface area (Å²) in [5.41, 5.74) is 5.12. The molecule has 4 heteroatoms. The smallest absolute Gasteiger partial charge is 0.188 e. The molecule has 0 radical (unpaired) electrons. The molecule has 0 fully saturated rings. The van der Waals surface area contributed by atoms with Gasteiger partial charge in [-0.05, 0) is 6.92 Å². The SMILES string of the molecule is CC(=O)CCN(C)C(=N)N. The van der Waals surface area contributed by atoms with E-state index in [0.717, 1.165) is 0 Å². The highest BCUT2D eigenvalue weighted by molar-refractivity contribution is 5.77. The Morgan fingerprint density at radius 2 is 2.20 bits per heavy atom. The zero-order valence-electron chi connectivity index (χ0n) is 6.35. The number of nitrogens with zero attached hydrogens (tertiary/aromatic N) is 1. The van der Waals surface area contributed by atoms with Crippen molar-refractivity contribution in [2.75, 3.05) is 13.6 Å².